The van der Waals surface area contributed by atoms with E-state index in [1.54, 1.807) is 25.1 Å². The molecule has 0 aromatic heterocycles. The van der Waals surface area contributed by atoms with E-state index in [0.717, 1.165) is 0 Å². The fourth-order valence-electron chi connectivity index (χ4n) is 1.71. The van der Waals surface area contributed by atoms with Gasteiger partial charge in [0.1, 0.15) is 5.60 Å². The van der Waals surface area contributed by atoms with E-state index in [9.17, 15) is 4.79 Å². The van der Waals surface area contributed by atoms with Crippen molar-refractivity contribution in [3.63, 3.8) is 0 Å². The molecule has 1 heterocycles. The minimum absolute atomic E-state index is 0.434. The molecule has 2 rings (SSSR count). The van der Waals surface area contributed by atoms with Crippen LogP contribution >= 0.6 is 34.8 Å². The average Bonchev–Trinajstić information content (AvgIpc) is 2.86. The van der Waals surface area contributed by atoms with E-state index < -0.39 is 16.6 Å². The summed E-state index contributed by atoms with van der Waals surface area (Å²) < 4.78 is 9.91. The maximum absolute atomic E-state index is 11.5. The molecule has 2 atom stereocenters. The zero-order valence-corrected chi connectivity index (χ0v) is 11.4. The molecule has 0 N–H and O–H groups in total. The second-order valence-electron chi connectivity index (χ2n) is 3.85. The number of carbonyl (C=O) groups is 1. The molecule has 1 saturated heterocycles. The fraction of sp³-hybridized carbons (Fsp3) is 0.364. The van der Waals surface area contributed by atoms with Crippen LogP contribution in [0.5, 0.6) is 0 Å². The number of hydrogen-bond acceptors (Lipinski definition) is 3. The van der Waals surface area contributed by atoms with E-state index in [1.165, 1.54) is 7.11 Å². The Morgan fingerprint density at radius 3 is 2.65 bits per heavy atom. The lowest BCUT2D eigenvalue weighted by atomic mass is 9.97. The van der Waals surface area contributed by atoms with Crippen molar-refractivity contribution < 1.29 is 14.3 Å². The average molecular weight is 296 g/mol. The van der Waals surface area contributed by atoms with Gasteiger partial charge in [-0.15, -0.1) is 0 Å². The van der Waals surface area contributed by atoms with Crippen LogP contribution in [0.4, 0.5) is 0 Å². The van der Waals surface area contributed by atoms with Gasteiger partial charge < -0.3 is 9.47 Å². The molecule has 17 heavy (non-hydrogen) atoms. The number of epoxide rings is 1. The number of esters is 1. The van der Waals surface area contributed by atoms with Gasteiger partial charge in [-0.05, 0) is 25.1 Å². The summed E-state index contributed by atoms with van der Waals surface area (Å²) in [6, 6.07) is 4.89. The summed E-state index contributed by atoms with van der Waals surface area (Å²) in [5.74, 6) is -0.655. The summed E-state index contributed by atoms with van der Waals surface area (Å²) >= 11 is 18.0. The first-order valence-electron chi connectivity index (χ1n) is 4.78. The van der Waals surface area contributed by atoms with Crippen molar-refractivity contribution in [2.45, 2.75) is 17.6 Å². The van der Waals surface area contributed by atoms with Crippen molar-refractivity contribution >= 4 is 40.8 Å². The Balaban J connectivity index is 2.43. The number of hydrogen-bond donors (Lipinski definition) is 0. The molecule has 3 nitrogen and oxygen atoms in total. The number of benzene rings is 1. The van der Waals surface area contributed by atoms with Crippen LogP contribution in [0.2, 0.25) is 10.0 Å². The van der Waals surface area contributed by atoms with Gasteiger partial charge in [0.05, 0.1) is 7.11 Å². The number of alkyl halides is 1. The normalized spacial score (nSPS) is 31.1. The topological polar surface area (TPSA) is 38.8 Å². The van der Waals surface area contributed by atoms with E-state index in [1.807, 2.05) is 0 Å². The number of halogens is 3. The van der Waals surface area contributed by atoms with Gasteiger partial charge >= 0.3 is 5.97 Å². The Kier molecular flexibility index (Phi) is 3.07. The molecule has 1 aliphatic heterocycles. The third-order valence-electron chi connectivity index (χ3n) is 2.81. The number of rotatable bonds is 2. The second kappa shape index (κ2) is 4.02. The van der Waals surface area contributed by atoms with Gasteiger partial charge in [0.15, 0.2) is 0 Å². The molecule has 0 spiro atoms. The maximum atomic E-state index is 11.5. The van der Waals surface area contributed by atoms with Gasteiger partial charge in [-0.1, -0.05) is 34.8 Å². The van der Waals surface area contributed by atoms with Crippen molar-refractivity contribution in [3.8, 4) is 0 Å². The number of ether oxygens (including phenoxy) is 2. The molecule has 1 aromatic carbocycles. The van der Waals surface area contributed by atoms with Crippen LogP contribution in [0.1, 0.15) is 12.5 Å². The summed E-state index contributed by atoms with van der Waals surface area (Å²) in [6.07, 6.45) is 0. The molecule has 92 valence electrons. The Bertz CT molecular complexity index is 491. The highest BCUT2D eigenvalue weighted by Crippen LogP contribution is 2.60. The van der Waals surface area contributed by atoms with Gasteiger partial charge in [-0.3, -0.25) is 0 Å². The number of methoxy groups -OCH3 is 1. The van der Waals surface area contributed by atoms with Crippen LogP contribution in [0.15, 0.2) is 18.2 Å². The molecule has 6 heteroatoms. The van der Waals surface area contributed by atoms with Crippen LogP contribution in [-0.4, -0.2) is 18.1 Å². The Morgan fingerprint density at radius 2 is 2.06 bits per heavy atom. The Morgan fingerprint density at radius 1 is 1.41 bits per heavy atom. The SMILES string of the molecule is COC(=O)C1(Cl)OC1(C)c1cc(Cl)ccc1Cl. The van der Waals surface area contributed by atoms with Gasteiger partial charge in [-0.25, -0.2) is 4.79 Å². The molecule has 0 radical (unpaired) electrons. The lowest BCUT2D eigenvalue weighted by Gasteiger charge is -2.11. The minimum Gasteiger partial charge on any atom is -0.466 e. The van der Waals surface area contributed by atoms with E-state index >= 15 is 0 Å². The highest BCUT2D eigenvalue weighted by molar-refractivity contribution is 6.37. The van der Waals surface area contributed by atoms with Crippen molar-refractivity contribution in [1.29, 1.82) is 0 Å². The van der Waals surface area contributed by atoms with E-state index in [2.05, 4.69) is 4.74 Å². The molecular formula is C11H9Cl3O3. The van der Waals surface area contributed by atoms with E-state index in [0.29, 0.717) is 15.6 Å². The fourth-order valence-corrected chi connectivity index (χ4v) is 2.52. The van der Waals surface area contributed by atoms with Gasteiger partial charge in [-0.2, -0.15) is 0 Å². The monoisotopic (exact) mass is 294 g/mol. The number of carbonyl (C=O) groups excluding carboxylic acids is 1. The second-order valence-corrected chi connectivity index (χ2v) is 5.22. The van der Waals surface area contributed by atoms with E-state index in [-0.39, 0.29) is 0 Å². The third kappa shape index (κ3) is 1.82. The first kappa shape index (κ1) is 13.0. The van der Waals surface area contributed by atoms with Crippen LogP contribution in [0, 0.1) is 0 Å². The Hall–Kier alpha value is -0.480. The lowest BCUT2D eigenvalue weighted by molar-refractivity contribution is -0.143. The van der Waals surface area contributed by atoms with Gasteiger partial charge in [0.25, 0.3) is 5.06 Å². The largest absolute Gasteiger partial charge is 0.466 e. The molecule has 0 saturated carbocycles. The maximum Gasteiger partial charge on any atom is 0.357 e. The zero-order chi connectivity index (χ0) is 12.8. The molecule has 0 aliphatic carbocycles. The van der Waals surface area contributed by atoms with Gasteiger partial charge in [0, 0.05) is 15.6 Å². The predicted octanol–water partition coefficient (Wildman–Crippen LogP) is 3.35. The van der Waals surface area contributed by atoms with Crippen molar-refractivity contribution in [1.82, 2.24) is 0 Å². The molecule has 0 amide bonds. The standard InChI is InChI=1S/C11H9Cl3O3/c1-10(11(14,17-10)9(15)16-2)7-5-6(12)3-4-8(7)13/h3-5H,1-2H3. The molecule has 1 aliphatic rings. The first-order valence-corrected chi connectivity index (χ1v) is 5.91. The molecular weight excluding hydrogens is 286 g/mol. The predicted molar refractivity (Wildman–Crippen MR) is 65.5 cm³/mol. The molecule has 0 bridgehead atoms. The van der Waals surface area contributed by atoms with Crippen LogP contribution in [0.25, 0.3) is 0 Å². The highest BCUT2D eigenvalue weighted by atomic mass is 35.5. The van der Waals surface area contributed by atoms with Crippen LogP contribution in [-0.2, 0) is 19.9 Å². The van der Waals surface area contributed by atoms with Crippen molar-refractivity contribution in [3.05, 3.63) is 33.8 Å². The molecule has 1 aromatic rings. The summed E-state index contributed by atoms with van der Waals surface area (Å²) in [7, 11) is 1.24. The van der Waals surface area contributed by atoms with E-state index in [4.69, 9.17) is 39.5 Å². The van der Waals surface area contributed by atoms with Crippen molar-refractivity contribution in [2.75, 3.05) is 7.11 Å². The summed E-state index contributed by atoms with van der Waals surface area (Å²) in [4.78, 5) is 11.5. The smallest absolute Gasteiger partial charge is 0.357 e. The lowest BCUT2D eigenvalue weighted by Crippen LogP contribution is -2.27. The zero-order valence-electron chi connectivity index (χ0n) is 9.09. The van der Waals surface area contributed by atoms with Gasteiger partial charge in [0.2, 0.25) is 0 Å². The summed E-state index contributed by atoms with van der Waals surface area (Å²) in [6.45, 7) is 1.66. The Labute approximate surface area is 114 Å². The minimum atomic E-state index is -1.53. The van der Waals surface area contributed by atoms with Crippen LogP contribution in [0.3, 0.4) is 0 Å². The summed E-state index contributed by atoms with van der Waals surface area (Å²) in [5.41, 5.74) is -0.462. The third-order valence-corrected chi connectivity index (χ3v) is 3.96. The quantitative estimate of drug-likeness (QED) is 0.477. The molecule has 2 unspecified atom stereocenters. The first-order chi connectivity index (χ1) is 7.85. The van der Waals surface area contributed by atoms with Crippen molar-refractivity contribution in [2.24, 2.45) is 0 Å². The van der Waals surface area contributed by atoms with Crippen LogP contribution < -0.4 is 0 Å². The summed E-state index contributed by atoms with van der Waals surface area (Å²) in [5, 5.41) is -0.607. The molecule has 1 fully saturated rings. The highest BCUT2D eigenvalue weighted by Gasteiger charge is 2.74.